The monoisotopic (exact) mass is 318 g/mol. The lowest BCUT2D eigenvalue weighted by Crippen LogP contribution is -2.22. The minimum Gasteiger partial charge on any atom is -0.465 e. The Bertz CT molecular complexity index is 585. The highest BCUT2D eigenvalue weighted by Crippen LogP contribution is 2.28. The molecule has 0 aliphatic rings. The van der Waals surface area contributed by atoms with Gasteiger partial charge in [0.25, 0.3) is 0 Å². The first-order valence-corrected chi connectivity index (χ1v) is 8.32. The lowest BCUT2D eigenvalue weighted by molar-refractivity contribution is -0.139. The van der Waals surface area contributed by atoms with Gasteiger partial charge in [-0.25, -0.2) is 12.7 Å². The van der Waals surface area contributed by atoms with Crippen LogP contribution in [0.4, 0.5) is 5.69 Å². The van der Waals surface area contributed by atoms with Crippen LogP contribution in [-0.4, -0.2) is 45.1 Å². The van der Waals surface area contributed by atoms with E-state index >= 15 is 0 Å². The molecule has 1 aromatic carbocycles. The zero-order valence-electron chi connectivity index (χ0n) is 11.6. The number of rotatable bonds is 6. The largest absolute Gasteiger partial charge is 0.465 e. The summed E-state index contributed by atoms with van der Waals surface area (Å²) in [6.45, 7) is 2.03. The summed E-state index contributed by atoms with van der Waals surface area (Å²) in [7, 11) is -0.606. The van der Waals surface area contributed by atoms with Crippen LogP contribution in [0.2, 0.25) is 0 Å². The predicted molar refractivity (Wildman–Crippen MR) is 79.1 cm³/mol. The van der Waals surface area contributed by atoms with Crippen LogP contribution in [0.1, 0.15) is 6.92 Å². The molecule has 0 spiro atoms. The van der Waals surface area contributed by atoms with Gasteiger partial charge in [-0.2, -0.15) is 0 Å². The predicted octanol–water partition coefficient (Wildman–Crippen LogP) is 1.17. The van der Waals surface area contributed by atoms with Crippen LogP contribution in [0, 0.1) is 0 Å². The first-order chi connectivity index (χ1) is 9.28. The number of carbonyl (C=O) groups is 1. The Morgan fingerprint density at radius 3 is 2.60 bits per heavy atom. The molecule has 0 amide bonds. The van der Waals surface area contributed by atoms with E-state index in [4.69, 9.17) is 10.5 Å². The third kappa shape index (κ3) is 4.12. The summed E-state index contributed by atoms with van der Waals surface area (Å²) in [5.74, 6) is -0.276. The number of hydrogen-bond donors (Lipinski definition) is 1. The number of esters is 1. The van der Waals surface area contributed by atoms with Crippen LogP contribution in [0.5, 0.6) is 0 Å². The molecule has 0 aromatic heterocycles. The number of anilines is 1. The van der Waals surface area contributed by atoms with Crippen LogP contribution in [0.25, 0.3) is 0 Å². The van der Waals surface area contributed by atoms with E-state index in [2.05, 4.69) is 0 Å². The molecule has 2 N–H and O–H groups in total. The Morgan fingerprint density at radius 2 is 2.05 bits per heavy atom. The quantitative estimate of drug-likeness (QED) is 0.481. The Labute approximate surface area is 123 Å². The molecule has 0 aliphatic heterocycles. The number of sulfonamides is 1. The van der Waals surface area contributed by atoms with Gasteiger partial charge >= 0.3 is 5.97 Å². The summed E-state index contributed by atoms with van der Waals surface area (Å²) < 4.78 is 30.0. The van der Waals surface area contributed by atoms with Crippen molar-refractivity contribution in [1.82, 2.24) is 4.31 Å². The van der Waals surface area contributed by atoms with E-state index in [1.54, 1.807) is 6.92 Å². The van der Waals surface area contributed by atoms with Crippen molar-refractivity contribution in [3.63, 3.8) is 0 Å². The molecule has 0 saturated heterocycles. The molecular weight excluding hydrogens is 300 g/mol. The third-order valence-corrected chi connectivity index (χ3v) is 5.27. The fourth-order valence-corrected chi connectivity index (χ4v) is 3.16. The minimum atomic E-state index is -3.52. The second kappa shape index (κ2) is 6.96. The molecule has 1 aromatic rings. The highest BCUT2D eigenvalue weighted by molar-refractivity contribution is 8.00. The first kappa shape index (κ1) is 16.8. The standard InChI is InChI=1S/C12H18N2O4S2/c1-4-18-12(15)8-19-11-7-9(5-6-10(11)13)20(16,17)14(2)3/h5-7H,4,8,13H2,1-3H3. The molecule has 20 heavy (non-hydrogen) atoms. The van der Waals surface area contributed by atoms with E-state index in [9.17, 15) is 13.2 Å². The van der Waals surface area contributed by atoms with Crippen molar-refractivity contribution in [2.24, 2.45) is 0 Å². The first-order valence-electron chi connectivity index (χ1n) is 5.89. The average molecular weight is 318 g/mol. The molecule has 0 saturated carbocycles. The fraction of sp³-hybridized carbons (Fsp3) is 0.417. The fourth-order valence-electron chi connectivity index (χ4n) is 1.35. The molecule has 0 fully saturated rings. The van der Waals surface area contributed by atoms with Crippen molar-refractivity contribution >= 4 is 33.4 Å². The van der Waals surface area contributed by atoms with Gasteiger partial charge in [-0.15, -0.1) is 11.8 Å². The Morgan fingerprint density at radius 1 is 1.40 bits per heavy atom. The van der Waals surface area contributed by atoms with Crippen molar-refractivity contribution in [2.75, 3.05) is 32.2 Å². The Kier molecular flexibility index (Phi) is 5.85. The normalized spacial score (nSPS) is 11.6. The number of hydrogen-bond acceptors (Lipinski definition) is 6. The molecule has 0 radical (unpaired) electrons. The maximum Gasteiger partial charge on any atom is 0.316 e. The van der Waals surface area contributed by atoms with E-state index in [1.165, 1.54) is 32.3 Å². The molecule has 0 heterocycles. The van der Waals surface area contributed by atoms with Crippen molar-refractivity contribution < 1.29 is 17.9 Å². The van der Waals surface area contributed by atoms with Gasteiger partial charge in [0.15, 0.2) is 0 Å². The summed E-state index contributed by atoms with van der Waals surface area (Å²) in [4.78, 5) is 12.0. The number of ether oxygens (including phenoxy) is 1. The maximum atomic E-state index is 12.0. The van der Waals surface area contributed by atoms with E-state index in [-0.39, 0.29) is 16.6 Å². The molecular formula is C12H18N2O4S2. The van der Waals surface area contributed by atoms with Gasteiger partial charge in [-0.05, 0) is 25.1 Å². The van der Waals surface area contributed by atoms with Crippen LogP contribution in [0.15, 0.2) is 28.0 Å². The summed E-state index contributed by atoms with van der Waals surface area (Å²) in [6.07, 6.45) is 0. The van der Waals surface area contributed by atoms with E-state index in [1.807, 2.05) is 0 Å². The molecule has 0 atom stereocenters. The zero-order chi connectivity index (χ0) is 15.3. The molecule has 0 bridgehead atoms. The second-order valence-corrected chi connectivity index (χ2v) is 7.25. The van der Waals surface area contributed by atoms with E-state index < -0.39 is 10.0 Å². The zero-order valence-corrected chi connectivity index (χ0v) is 13.3. The van der Waals surface area contributed by atoms with Crippen LogP contribution in [0.3, 0.4) is 0 Å². The van der Waals surface area contributed by atoms with E-state index in [0.717, 1.165) is 16.1 Å². The molecule has 0 unspecified atom stereocenters. The number of nitrogen functional groups attached to an aromatic ring is 1. The van der Waals surface area contributed by atoms with Gasteiger partial charge in [0.05, 0.1) is 17.3 Å². The van der Waals surface area contributed by atoms with Crippen LogP contribution < -0.4 is 5.73 Å². The van der Waals surface area contributed by atoms with Crippen molar-refractivity contribution in [3.8, 4) is 0 Å². The molecule has 1 rings (SSSR count). The summed E-state index contributed by atoms with van der Waals surface area (Å²) in [6, 6.07) is 4.43. The molecule has 0 aliphatic carbocycles. The minimum absolute atomic E-state index is 0.0868. The van der Waals surface area contributed by atoms with Gasteiger partial charge in [0, 0.05) is 24.7 Å². The Hall–Kier alpha value is -1.25. The average Bonchev–Trinajstić information content (AvgIpc) is 2.37. The maximum absolute atomic E-state index is 12.0. The third-order valence-electron chi connectivity index (χ3n) is 2.41. The van der Waals surface area contributed by atoms with Gasteiger partial charge in [0.2, 0.25) is 10.0 Å². The highest BCUT2D eigenvalue weighted by Gasteiger charge is 2.18. The molecule has 6 nitrogen and oxygen atoms in total. The van der Waals surface area contributed by atoms with Gasteiger partial charge in [0.1, 0.15) is 0 Å². The topological polar surface area (TPSA) is 89.7 Å². The van der Waals surface area contributed by atoms with Crippen molar-refractivity contribution in [3.05, 3.63) is 18.2 Å². The number of benzene rings is 1. The van der Waals surface area contributed by atoms with Crippen LogP contribution in [-0.2, 0) is 19.6 Å². The SMILES string of the molecule is CCOC(=O)CSc1cc(S(=O)(=O)N(C)C)ccc1N. The summed E-state index contributed by atoms with van der Waals surface area (Å²) in [5.41, 5.74) is 6.22. The van der Waals surface area contributed by atoms with Crippen molar-refractivity contribution in [1.29, 1.82) is 0 Å². The van der Waals surface area contributed by atoms with Gasteiger partial charge in [-0.1, -0.05) is 0 Å². The molecule has 112 valence electrons. The Balaban J connectivity index is 2.96. The molecule has 8 heteroatoms. The lowest BCUT2D eigenvalue weighted by atomic mass is 10.3. The van der Waals surface area contributed by atoms with Crippen LogP contribution >= 0.6 is 11.8 Å². The second-order valence-electron chi connectivity index (χ2n) is 4.08. The number of nitrogens with zero attached hydrogens (tertiary/aromatic N) is 1. The smallest absolute Gasteiger partial charge is 0.316 e. The number of carbonyl (C=O) groups excluding carboxylic acids is 1. The summed E-state index contributed by atoms with van der Waals surface area (Å²) in [5, 5.41) is 0. The van der Waals surface area contributed by atoms with Crippen molar-refractivity contribution in [2.45, 2.75) is 16.7 Å². The number of thioether (sulfide) groups is 1. The van der Waals surface area contributed by atoms with Gasteiger partial charge in [-0.3, -0.25) is 4.79 Å². The van der Waals surface area contributed by atoms with Gasteiger partial charge < -0.3 is 10.5 Å². The van der Waals surface area contributed by atoms with E-state index in [0.29, 0.717) is 17.2 Å². The number of nitrogens with two attached hydrogens (primary N) is 1. The lowest BCUT2D eigenvalue weighted by Gasteiger charge is -2.13. The summed E-state index contributed by atoms with van der Waals surface area (Å²) >= 11 is 1.15. The highest BCUT2D eigenvalue weighted by atomic mass is 32.2.